The molecule has 0 saturated carbocycles. The lowest BCUT2D eigenvalue weighted by Crippen LogP contribution is -2.38. The Morgan fingerprint density at radius 1 is 1.28 bits per heavy atom. The van der Waals surface area contributed by atoms with Crippen molar-refractivity contribution < 1.29 is 13.9 Å². The van der Waals surface area contributed by atoms with Gasteiger partial charge in [0.15, 0.2) is 12.8 Å². The zero-order valence-corrected chi connectivity index (χ0v) is 18.4. The van der Waals surface area contributed by atoms with Crippen LogP contribution in [0.15, 0.2) is 53.7 Å². The van der Waals surface area contributed by atoms with Crippen LogP contribution in [0.1, 0.15) is 23.9 Å². The van der Waals surface area contributed by atoms with Gasteiger partial charge in [0.05, 0.1) is 25.0 Å². The molecule has 7 nitrogen and oxygen atoms in total. The van der Waals surface area contributed by atoms with Crippen molar-refractivity contribution in [1.82, 2.24) is 20.2 Å². The summed E-state index contributed by atoms with van der Waals surface area (Å²) >= 11 is 0. The molecule has 8 heteroatoms. The van der Waals surface area contributed by atoms with Gasteiger partial charge in [0.2, 0.25) is 0 Å². The van der Waals surface area contributed by atoms with Gasteiger partial charge < -0.3 is 24.7 Å². The molecule has 1 aromatic heterocycles. The first-order chi connectivity index (χ1) is 15.6. The topological polar surface area (TPSA) is 74.8 Å². The van der Waals surface area contributed by atoms with E-state index in [0.717, 1.165) is 46.5 Å². The highest BCUT2D eigenvalue weighted by Crippen LogP contribution is 2.29. The number of H-pyrrole nitrogens is 1. The fraction of sp³-hybridized carbons (Fsp3) is 0.333. The van der Waals surface area contributed by atoms with E-state index in [0.29, 0.717) is 26.1 Å². The third kappa shape index (κ3) is 5.26. The van der Waals surface area contributed by atoms with Gasteiger partial charge in [0.25, 0.3) is 0 Å². The third-order valence-corrected chi connectivity index (χ3v) is 5.19. The van der Waals surface area contributed by atoms with Crippen molar-refractivity contribution in [2.75, 3.05) is 26.9 Å². The van der Waals surface area contributed by atoms with Gasteiger partial charge in [0, 0.05) is 25.7 Å². The number of aromatic amines is 1. The number of fused-ring (bicyclic) bond motifs is 1. The van der Waals surface area contributed by atoms with E-state index in [-0.39, 0.29) is 12.6 Å². The number of ether oxygens (including phenoxy) is 2. The number of aliphatic imine (C=N–C) groups is 1. The number of rotatable bonds is 7. The zero-order valence-electron chi connectivity index (χ0n) is 18.4. The van der Waals surface area contributed by atoms with Crippen LogP contribution in [-0.4, -0.2) is 47.8 Å². The Bertz CT molecular complexity index is 1070. The maximum absolute atomic E-state index is 14.0. The van der Waals surface area contributed by atoms with Crippen LogP contribution in [0.2, 0.25) is 0 Å². The monoisotopic (exact) mass is 437 g/mol. The predicted molar refractivity (Wildman–Crippen MR) is 122 cm³/mol. The quantitative estimate of drug-likeness (QED) is 0.435. The number of halogens is 1. The maximum atomic E-state index is 14.0. The second-order valence-electron chi connectivity index (χ2n) is 7.62. The molecule has 0 aliphatic carbocycles. The van der Waals surface area contributed by atoms with Gasteiger partial charge in [-0.1, -0.05) is 30.3 Å². The summed E-state index contributed by atoms with van der Waals surface area (Å²) in [5.41, 5.74) is 3.63. The van der Waals surface area contributed by atoms with E-state index in [9.17, 15) is 4.39 Å². The number of guanidine groups is 1. The Kier molecular flexibility index (Phi) is 7.01. The van der Waals surface area contributed by atoms with Gasteiger partial charge >= 0.3 is 0 Å². The molecule has 0 atom stereocenters. The van der Waals surface area contributed by atoms with Crippen LogP contribution in [0.4, 0.5) is 4.39 Å². The molecule has 2 aromatic carbocycles. The molecule has 1 aliphatic heterocycles. The van der Waals surface area contributed by atoms with Gasteiger partial charge in [-0.2, -0.15) is 0 Å². The Hall–Kier alpha value is -3.39. The lowest BCUT2D eigenvalue weighted by atomic mass is 10.1. The molecule has 32 heavy (non-hydrogen) atoms. The highest BCUT2D eigenvalue weighted by Gasteiger charge is 2.17. The lowest BCUT2D eigenvalue weighted by molar-refractivity contribution is -0.0172. The zero-order chi connectivity index (χ0) is 22.3. The molecule has 0 unspecified atom stereocenters. The Labute approximate surface area is 187 Å². The Balaban J connectivity index is 1.42. The Morgan fingerprint density at radius 2 is 2.12 bits per heavy atom. The van der Waals surface area contributed by atoms with Gasteiger partial charge in [0.1, 0.15) is 17.4 Å². The van der Waals surface area contributed by atoms with Crippen molar-refractivity contribution in [3.63, 3.8) is 0 Å². The molecule has 0 saturated heterocycles. The SMILES string of the molecule is CCNC(=NCCc1cc(F)cc2c1OCOC2)N(C)Cc1ncc(-c2ccccc2)[nH]1. The van der Waals surface area contributed by atoms with E-state index < -0.39 is 0 Å². The van der Waals surface area contributed by atoms with Crippen LogP contribution >= 0.6 is 0 Å². The average Bonchev–Trinajstić information content (AvgIpc) is 3.27. The van der Waals surface area contributed by atoms with Crippen molar-refractivity contribution in [1.29, 1.82) is 0 Å². The van der Waals surface area contributed by atoms with Crippen LogP contribution in [0.5, 0.6) is 5.75 Å². The number of nitrogens with zero attached hydrogens (tertiary/aromatic N) is 3. The molecule has 0 spiro atoms. The minimum absolute atomic E-state index is 0.189. The molecule has 0 bridgehead atoms. The molecule has 2 N–H and O–H groups in total. The molecule has 4 rings (SSSR count). The number of hydrogen-bond acceptors (Lipinski definition) is 4. The van der Waals surface area contributed by atoms with Gasteiger partial charge in [-0.25, -0.2) is 9.37 Å². The summed E-state index contributed by atoms with van der Waals surface area (Å²) in [7, 11) is 1.97. The smallest absolute Gasteiger partial charge is 0.194 e. The average molecular weight is 438 g/mol. The first kappa shape index (κ1) is 21.8. The number of aromatic nitrogens is 2. The first-order valence-corrected chi connectivity index (χ1v) is 10.7. The highest BCUT2D eigenvalue weighted by atomic mass is 19.1. The van der Waals surface area contributed by atoms with Gasteiger partial charge in [-0.3, -0.25) is 4.99 Å². The van der Waals surface area contributed by atoms with Gasteiger partial charge in [-0.05, 0) is 36.6 Å². The predicted octanol–water partition coefficient (Wildman–Crippen LogP) is 3.72. The Morgan fingerprint density at radius 3 is 2.94 bits per heavy atom. The minimum Gasteiger partial charge on any atom is -0.467 e. The fourth-order valence-corrected chi connectivity index (χ4v) is 3.70. The van der Waals surface area contributed by atoms with E-state index in [1.54, 1.807) is 0 Å². The summed E-state index contributed by atoms with van der Waals surface area (Å²) in [6, 6.07) is 13.1. The first-order valence-electron chi connectivity index (χ1n) is 10.7. The minimum atomic E-state index is -0.284. The van der Waals surface area contributed by atoms with Crippen molar-refractivity contribution in [2.24, 2.45) is 4.99 Å². The van der Waals surface area contributed by atoms with E-state index in [1.165, 1.54) is 12.1 Å². The second-order valence-corrected chi connectivity index (χ2v) is 7.62. The van der Waals surface area contributed by atoms with Crippen molar-refractivity contribution in [3.05, 3.63) is 71.4 Å². The summed E-state index contributed by atoms with van der Waals surface area (Å²) in [4.78, 5) is 14.6. The third-order valence-electron chi connectivity index (χ3n) is 5.19. The van der Waals surface area contributed by atoms with Crippen LogP contribution in [-0.2, 0) is 24.3 Å². The largest absolute Gasteiger partial charge is 0.467 e. The maximum Gasteiger partial charge on any atom is 0.194 e. The van der Waals surface area contributed by atoms with E-state index in [4.69, 9.17) is 14.5 Å². The second kappa shape index (κ2) is 10.3. The summed E-state index contributed by atoms with van der Waals surface area (Å²) in [5, 5.41) is 3.31. The van der Waals surface area contributed by atoms with E-state index >= 15 is 0 Å². The van der Waals surface area contributed by atoms with Crippen LogP contribution in [0.3, 0.4) is 0 Å². The summed E-state index contributed by atoms with van der Waals surface area (Å²) < 4.78 is 24.8. The van der Waals surface area contributed by atoms with Crippen LogP contribution in [0, 0.1) is 5.82 Å². The summed E-state index contributed by atoms with van der Waals surface area (Å²) in [6.07, 6.45) is 2.42. The molecule has 3 aromatic rings. The molecular weight excluding hydrogens is 409 g/mol. The van der Waals surface area contributed by atoms with Crippen molar-refractivity contribution in [2.45, 2.75) is 26.5 Å². The summed E-state index contributed by atoms with van der Waals surface area (Å²) in [5.74, 6) is 2.05. The van der Waals surface area contributed by atoms with Crippen molar-refractivity contribution >= 4 is 5.96 Å². The molecule has 0 fully saturated rings. The molecule has 168 valence electrons. The summed E-state index contributed by atoms with van der Waals surface area (Å²) in [6.45, 7) is 4.40. The van der Waals surface area contributed by atoms with Crippen LogP contribution in [0.25, 0.3) is 11.3 Å². The molecular formula is C24H28FN5O2. The number of imidazole rings is 1. The molecule has 0 radical (unpaired) electrons. The number of nitrogens with one attached hydrogen (secondary N) is 2. The number of benzene rings is 2. The molecule has 1 aliphatic rings. The molecule has 0 amide bonds. The lowest BCUT2D eigenvalue weighted by Gasteiger charge is -2.22. The van der Waals surface area contributed by atoms with E-state index in [1.807, 2.05) is 55.4 Å². The van der Waals surface area contributed by atoms with Gasteiger partial charge in [-0.15, -0.1) is 0 Å². The normalized spacial score (nSPS) is 13.4. The standard InChI is InChI=1S/C24H28FN5O2/c1-3-26-24(27-10-9-18-11-20(25)12-19-15-31-16-32-23(18)19)30(2)14-22-28-13-21(29-22)17-7-5-4-6-8-17/h4-8,11-13H,3,9-10,14-16H2,1-2H3,(H,26,27)(H,28,29). The van der Waals surface area contributed by atoms with Crippen molar-refractivity contribution in [3.8, 4) is 17.0 Å². The fourth-order valence-electron chi connectivity index (χ4n) is 3.70. The number of hydrogen-bond donors (Lipinski definition) is 2. The van der Waals surface area contributed by atoms with Crippen LogP contribution < -0.4 is 10.1 Å². The van der Waals surface area contributed by atoms with E-state index in [2.05, 4.69) is 15.3 Å². The molecule has 2 heterocycles. The highest BCUT2D eigenvalue weighted by molar-refractivity contribution is 5.79.